The van der Waals surface area contributed by atoms with Gasteiger partial charge in [-0.1, -0.05) is 255 Å². The molecule has 13 nitrogen and oxygen atoms in total. The van der Waals surface area contributed by atoms with Gasteiger partial charge in [-0.3, -0.25) is 19.8 Å². The molecule has 126 heavy (non-hydrogen) atoms. The van der Waals surface area contributed by atoms with Crippen LogP contribution in [0, 0.1) is 0 Å². The van der Waals surface area contributed by atoms with Crippen molar-refractivity contribution in [2.75, 3.05) is 14.7 Å². The number of nitrogens with zero attached hydrogens (tertiary/aromatic N) is 12. The van der Waals surface area contributed by atoms with Crippen molar-refractivity contribution in [3.05, 3.63) is 443 Å². The molecule has 0 unspecified atom stereocenters. The second-order valence-corrected chi connectivity index (χ2v) is 34.8. The maximum atomic E-state index is 15.4. The number of benzene rings is 13. The van der Waals surface area contributed by atoms with E-state index < -0.39 is 7.14 Å². The van der Waals surface area contributed by atoms with Gasteiger partial charge in [0.1, 0.15) is 23.4 Å². The van der Waals surface area contributed by atoms with Gasteiger partial charge >= 0.3 is 0 Å². The molecule has 9 aromatic heterocycles. The Kier molecular flexibility index (Phi) is 18.7. The number of anilines is 9. The molecular weight excluding hydrogens is 1580 g/mol. The summed E-state index contributed by atoms with van der Waals surface area (Å²) in [5, 5.41) is 7.16. The van der Waals surface area contributed by atoms with Crippen molar-refractivity contribution < 1.29 is 4.57 Å². The Morgan fingerprint density at radius 3 is 1.58 bits per heavy atom. The first-order valence-corrected chi connectivity index (χ1v) is 44.5. The molecule has 13 aromatic carbocycles. The van der Waals surface area contributed by atoms with Crippen molar-refractivity contribution in [2.24, 2.45) is 0 Å². The molecule has 594 valence electrons. The molecule has 25 rings (SSSR count). The van der Waals surface area contributed by atoms with Crippen LogP contribution in [-0.2, 0) is 4.57 Å². The molecule has 0 N–H and O–H groups in total. The van der Waals surface area contributed by atoms with E-state index in [1.807, 2.05) is 140 Å². The van der Waals surface area contributed by atoms with Crippen LogP contribution in [0.1, 0.15) is 0 Å². The minimum absolute atomic E-state index is 0.519. The predicted molar refractivity (Wildman–Crippen MR) is 518 cm³/mol. The molecule has 15 heteroatoms. The molecule has 0 saturated carbocycles. The van der Waals surface area contributed by atoms with Crippen LogP contribution in [0.2, 0.25) is 0 Å². The molecule has 3 aliphatic rings. The topological polar surface area (TPSA) is 127 Å². The minimum Gasteiger partial charge on any atom is -0.316 e. The van der Waals surface area contributed by atoms with E-state index in [1.165, 1.54) is 32.3 Å². The number of pyridine rings is 5. The lowest BCUT2D eigenvalue weighted by molar-refractivity contribution is 0.592. The van der Waals surface area contributed by atoms with Crippen LogP contribution in [0.5, 0.6) is 0 Å². The second kappa shape index (κ2) is 31.6. The summed E-state index contributed by atoms with van der Waals surface area (Å²) in [5.74, 6) is 1.54. The molecule has 0 fully saturated rings. The lowest BCUT2D eigenvalue weighted by Gasteiger charge is -2.28. The molecule has 0 amide bonds. The fourth-order valence-electron chi connectivity index (χ4n) is 18.3. The van der Waals surface area contributed by atoms with Crippen LogP contribution in [0.25, 0.3) is 144 Å². The van der Waals surface area contributed by atoms with Gasteiger partial charge in [0.2, 0.25) is 0 Å². The van der Waals surface area contributed by atoms with Gasteiger partial charge in [-0.2, -0.15) is 0 Å². The van der Waals surface area contributed by atoms with E-state index in [2.05, 4.69) is 336 Å². The van der Waals surface area contributed by atoms with E-state index in [0.29, 0.717) is 11.3 Å². The van der Waals surface area contributed by atoms with Gasteiger partial charge in [0.05, 0.1) is 73.8 Å². The van der Waals surface area contributed by atoms with Gasteiger partial charge in [-0.25, -0.2) is 24.9 Å². The van der Waals surface area contributed by atoms with E-state index >= 15 is 4.57 Å². The first-order chi connectivity index (χ1) is 62.4. The third kappa shape index (κ3) is 12.9. The normalized spacial score (nSPS) is 12.1. The SMILES string of the molecule is O=P(c1ccccc1)(c1ccccc1)c1cccc(N2c3ccncc3-c3ccc4ccn(-c5ccccc5)c4c3-c3cnccc32)n1.c1ccc(-c2cc(-c3ccccc3)cc(N3c4cncnc4-c4ccccc4-c4c3ccc3sccc43)c2)cc1.c1ccc(-n2ccc3nc4c(cc32)-c2ccccc2N(c2ccc3ccccc3n2)c2ccccc2-4)cc1. The van der Waals surface area contributed by atoms with Crippen molar-refractivity contribution in [1.82, 2.24) is 44.0 Å². The van der Waals surface area contributed by atoms with E-state index in [9.17, 15) is 0 Å². The van der Waals surface area contributed by atoms with Crippen LogP contribution < -0.4 is 30.7 Å². The molecule has 0 radical (unpaired) electrons. The Balaban J connectivity index is 0.000000110. The number of rotatable bonds is 10. The quantitative estimate of drug-likeness (QED) is 0.121. The Hall–Kier alpha value is -16.4. The second-order valence-electron chi connectivity index (χ2n) is 31.2. The standard InChI is InChI=1S/C41H28N5OP.C36H23N3S.C34H22N4/c47-48(31-13-6-2-7-14-31,32-15-8-3-9-16-32)39-18-10-17-38(44-39)46-36-21-24-42-27-34(36)33-20-19-29-23-26-45(30-11-4-1-5-12-30)41(29)40(33)35-28-43-25-22-37(35)46;1-3-9-24(10-4-1)26-19-27(25-11-5-2-6-12-25)21-28(20-26)39-32-15-16-34-31(17-18-40-34)35(32)29-13-7-8-14-30(29)36-33(39)22-37-23-38-36;1-2-11-24(12-3-1)37-21-20-29-32(37)22-27-25-13-5-8-16-30(25)38(31-17-9-6-14-26(31)34(27)36-29)33-19-18-23-10-4-7-15-28(23)35-33/h1-28H;1-23H;1-22H. The van der Waals surface area contributed by atoms with E-state index in [4.69, 9.17) is 19.9 Å². The number of hydrogen-bond donors (Lipinski definition) is 0. The third-order valence-corrected chi connectivity index (χ3v) is 27.8. The lowest BCUT2D eigenvalue weighted by Crippen LogP contribution is -2.28. The Morgan fingerprint density at radius 2 is 0.873 bits per heavy atom. The molecule has 3 aliphatic heterocycles. The highest BCUT2D eigenvalue weighted by Gasteiger charge is 2.36. The van der Waals surface area contributed by atoms with Crippen molar-refractivity contribution in [1.29, 1.82) is 0 Å². The summed E-state index contributed by atoms with van der Waals surface area (Å²) in [4.78, 5) is 41.0. The fourth-order valence-corrected chi connectivity index (χ4v) is 21.7. The molecule has 0 bridgehead atoms. The first kappa shape index (κ1) is 74.7. The zero-order chi connectivity index (χ0) is 83.6. The zero-order valence-electron chi connectivity index (χ0n) is 67.8. The van der Waals surface area contributed by atoms with Gasteiger partial charge in [-0.05, 0) is 172 Å². The lowest BCUT2D eigenvalue weighted by atomic mass is 9.94. The summed E-state index contributed by atoms with van der Waals surface area (Å²) in [5.41, 5.74) is 31.5. The highest BCUT2D eigenvalue weighted by molar-refractivity contribution is 7.85. The zero-order valence-corrected chi connectivity index (χ0v) is 69.5. The monoisotopic (exact) mass is 1650 g/mol. The van der Waals surface area contributed by atoms with E-state index in [-0.39, 0.29) is 0 Å². The highest BCUT2D eigenvalue weighted by Crippen LogP contribution is 2.57. The summed E-state index contributed by atoms with van der Waals surface area (Å²) in [6.07, 6.45) is 15.3. The van der Waals surface area contributed by atoms with Crippen LogP contribution in [0.15, 0.2) is 443 Å². The summed E-state index contributed by atoms with van der Waals surface area (Å²) >= 11 is 1.78. The Morgan fingerprint density at radius 1 is 0.302 bits per heavy atom. The van der Waals surface area contributed by atoms with Crippen molar-refractivity contribution in [3.8, 4) is 101 Å². The summed E-state index contributed by atoms with van der Waals surface area (Å²) < 4.78 is 21.1. The van der Waals surface area contributed by atoms with Gasteiger partial charge in [0, 0.05) is 130 Å². The van der Waals surface area contributed by atoms with Crippen molar-refractivity contribution >= 4 is 129 Å². The summed E-state index contributed by atoms with van der Waals surface area (Å²) in [6.45, 7) is 0. The van der Waals surface area contributed by atoms with Crippen LogP contribution in [0.3, 0.4) is 0 Å². The molecule has 12 heterocycles. The van der Waals surface area contributed by atoms with Crippen molar-refractivity contribution in [2.45, 2.75) is 0 Å². The van der Waals surface area contributed by atoms with Crippen LogP contribution in [-0.4, -0.2) is 44.0 Å². The van der Waals surface area contributed by atoms with Gasteiger partial charge in [-0.15, -0.1) is 11.3 Å². The molecule has 0 atom stereocenters. The minimum atomic E-state index is -3.32. The molecule has 0 aliphatic carbocycles. The molecule has 0 spiro atoms. The highest BCUT2D eigenvalue weighted by atomic mass is 32.1. The Labute approximate surface area is 731 Å². The molecule has 22 aromatic rings. The van der Waals surface area contributed by atoms with Gasteiger partial charge in [0.15, 0.2) is 7.14 Å². The maximum Gasteiger partial charge on any atom is 0.188 e. The number of fused-ring (bicyclic) bond motifs is 21. The van der Waals surface area contributed by atoms with Crippen molar-refractivity contribution in [3.63, 3.8) is 0 Å². The number of hydrogen-bond acceptors (Lipinski definition) is 12. The number of thiophene rings is 1. The molecule has 0 saturated heterocycles. The predicted octanol–water partition coefficient (Wildman–Crippen LogP) is 27.4. The van der Waals surface area contributed by atoms with E-state index in [0.717, 1.165) is 167 Å². The summed E-state index contributed by atoms with van der Waals surface area (Å²) in [7, 11) is -3.32. The smallest absolute Gasteiger partial charge is 0.188 e. The van der Waals surface area contributed by atoms with E-state index in [1.54, 1.807) is 17.7 Å². The first-order valence-electron chi connectivity index (χ1n) is 41.9. The van der Waals surface area contributed by atoms with Crippen LogP contribution >= 0.6 is 18.5 Å². The maximum absolute atomic E-state index is 15.4. The Bertz CT molecular complexity index is 7890. The number of aromatic nitrogens is 9. The molecular formula is C111H73N12OPS. The number of para-hydroxylation sites is 5. The third-order valence-electron chi connectivity index (χ3n) is 24.0. The van der Waals surface area contributed by atoms with Gasteiger partial charge < -0.3 is 18.6 Å². The average Bonchev–Trinajstić information content (AvgIpc) is 1.52. The largest absolute Gasteiger partial charge is 0.316 e. The van der Waals surface area contributed by atoms with Gasteiger partial charge in [0.25, 0.3) is 0 Å². The van der Waals surface area contributed by atoms with Crippen LogP contribution in [0.4, 0.5) is 51.4 Å². The average molecular weight is 1650 g/mol. The fraction of sp³-hybridized carbons (Fsp3) is 0. The summed E-state index contributed by atoms with van der Waals surface area (Å²) in [6, 6.07) is 134.